The number of hydrogen-bond donors (Lipinski definition) is 0. The second kappa shape index (κ2) is 9.13. The summed E-state index contributed by atoms with van der Waals surface area (Å²) in [6.45, 7) is 0.833. The number of benzene rings is 2. The van der Waals surface area contributed by atoms with Crippen molar-refractivity contribution in [1.82, 2.24) is 25.1 Å². The van der Waals surface area contributed by atoms with Crippen molar-refractivity contribution in [3.8, 4) is 17.2 Å². The molecule has 0 radical (unpaired) electrons. The standard InChI is InChI=1S/C18H18BrN5O3/c1-23(10-11-26-16-6-2-14(19)3-7-16)18(25)12-27-17-8-4-15(5-9-17)24-13-20-21-22-24/h2-9,13H,10-12H2,1H3. The highest BCUT2D eigenvalue weighted by Crippen LogP contribution is 2.16. The summed E-state index contributed by atoms with van der Waals surface area (Å²) in [5, 5.41) is 11.0. The lowest BCUT2D eigenvalue weighted by atomic mass is 10.3. The molecule has 0 N–H and O–H groups in total. The van der Waals surface area contributed by atoms with Crippen LogP contribution in [0.1, 0.15) is 0 Å². The Morgan fingerprint density at radius 1 is 1.07 bits per heavy atom. The predicted octanol–water partition coefficient (Wildman–Crippen LogP) is 2.34. The average Bonchev–Trinajstić information content (AvgIpc) is 3.23. The van der Waals surface area contributed by atoms with Gasteiger partial charge in [0.1, 0.15) is 24.4 Å². The van der Waals surface area contributed by atoms with Crippen LogP contribution in [-0.4, -0.2) is 57.8 Å². The second-order valence-electron chi connectivity index (χ2n) is 5.65. The third kappa shape index (κ3) is 5.52. The van der Waals surface area contributed by atoms with E-state index in [1.807, 2.05) is 36.4 Å². The van der Waals surface area contributed by atoms with Gasteiger partial charge in [0, 0.05) is 11.5 Å². The number of aromatic nitrogens is 4. The minimum absolute atomic E-state index is 0.0426. The van der Waals surface area contributed by atoms with Crippen molar-refractivity contribution in [2.45, 2.75) is 0 Å². The summed E-state index contributed by atoms with van der Waals surface area (Å²) < 4.78 is 13.7. The van der Waals surface area contributed by atoms with Crippen molar-refractivity contribution in [2.24, 2.45) is 0 Å². The first-order valence-electron chi connectivity index (χ1n) is 8.20. The minimum atomic E-state index is -0.126. The lowest BCUT2D eigenvalue weighted by Crippen LogP contribution is -2.34. The molecular formula is C18H18BrN5O3. The molecule has 27 heavy (non-hydrogen) atoms. The van der Waals surface area contributed by atoms with Crippen molar-refractivity contribution in [3.63, 3.8) is 0 Å². The summed E-state index contributed by atoms with van der Waals surface area (Å²) in [5.74, 6) is 1.23. The Bertz CT molecular complexity index is 854. The van der Waals surface area contributed by atoms with E-state index in [2.05, 4.69) is 31.5 Å². The fourth-order valence-electron chi connectivity index (χ4n) is 2.19. The summed E-state index contributed by atoms with van der Waals surface area (Å²) in [7, 11) is 1.72. The van der Waals surface area contributed by atoms with Gasteiger partial charge in [0.25, 0.3) is 5.91 Å². The van der Waals surface area contributed by atoms with E-state index >= 15 is 0 Å². The van der Waals surface area contributed by atoms with E-state index < -0.39 is 0 Å². The molecule has 0 atom stereocenters. The number of amides is 1. The molecule has 3 aromatic rings. The minimum Gasteiger partial charge on any atom is -0.492 e. The number of carbonyl (C=O) groups excluding carboxylic acids is 1. The van der Waals surface area contributed by atoms with Gasteiger partial charge in [-0.3, -0.25) is 4.79 Å². The van der Waals surface area contributed by atoms with Gasteiger partial charge in [0.15, 0.2) is 6.61 Å². The van der Waals surface area contributed by atoms with Crippen LogP contribution in [0, 0.1) is 0 Å². The molecule has 2 aromatic carbocycles. The highest BCUT2D eigenvalue weighted by atomic mass is 79.9. The highest BCUT2D eigenvalue weighted by Gasteiger charge is 2.10. The van der Waals surface area contributed by atoms with Crippen molar-refractivity contribution in [3.05, 3.63) is 59.3 Å². The molecule has 0 bridgehead atoms. The maximum atomic E-state index is 12.2. The lowest BCUT2D eigenvalue weighted by molar-refractivity contribution is -0.132. The summed E-state index contributed by atoms with van der Waals surface area (Å²) in [6.07, 6.45) is 1.50. The molecule has 8 nitrogen and oxygen atoms in total. The zero-order chi connectivity index (χ0) is 19.1. The summed E-state index contributed by atoms with van der Waals surface area (Å²) in [6, 6.07) is 14.7. The van der Waals surface area contributed by atoms with Crippen LogP contribution in [-0.2, 0) is 4.79 Å². The smallest absolute Gasteiger partial charge is 0.260 e. The van der Waals surface area contributed by atoms with E-state index in [0.29, 0.717) is 18.9 Å². The van der Waals surface area contributed by atoms with Crippen LogP contribution in [0.3, 0.4) is 0 Å². The molecule has 0 aliphatic rings. The third-order valence-corrected chi connectivity index (χ3v) is 4.28. The van der Waals surface area contributed by atoms with Crippen molar-refractivity contribution in [1.29, 1.82) is 0 Å². The first kappa shape index (κ1) is 18.8. The lowest BCUT2D eigenvalue weighted by Gasteiger charge is -2.18. The van der Waals surface area contributed by atoms with Gasteiger partial charge in [-0.2, -0.15) is 0 Å². The van der Waals surface area contributed by atoms with Crippen LogP contribution in [0.15, 0.2) is 59.3 Å². The molecule has 140 valence electrons. The molecule has 3 rings (SSSR count). The van der Waals surface area contributed by atoms with Gasteiger partial charge < -0.3 is 14.4 Å². The second-order valence-corrected chi connectivity index (χ2v) is 6.57. The molecule has 1 amide bonds. The molecule has 0 fully saturated rings. The fraction of sp³-hybridized carbons (Fsp3) is 0.222. The highest BCUT2D eigenvalue weighted by molar-refractivity contribution is 9.10. The Labute approximate surface area is 164 Å². The fourth-order valence-corrected chi connectivity index (χ4v) is 2.45. The number of ether oxygens (including phenoxy) is 2. The maximum Gasteiger partial charge on any atom is 0.260 e. The number of hydrogen-bond acceptors (Lipinski definition) is 6. The molecule has 9 heteroatoms. The zero-order valence-electron chi connectivity index (χ0n) is 14.7. The van der Waals surface area contributed by atoms with Crippen LogP contribution >= 0.6 is 15.9 Å². The quantitative estimate of drug-likeness (QED) is 0.544. The normalized spacial score (nSPS) is 10.4. The van der Waals surface area contributed by atoms with E-state index in [9.17, 15) is 4.79 Å². The molecule has 0 unspecified atom stereocenters. The third-order valence-electron chi connectivity index (χ3n) is 3.75. The Morgan fingerprint density at radius 2 is 1.74 bits per heavy atom. The number of halogens is 1. The Hall–Kier alpha value is -2.94. The Kier molecular flexibility index (Phi) is 6.37. The number of tetrazole rings is 1. The number of carbonyl (C=O) groups is 1. The Balaban J connectivity index is 1.41. The van der Waals surface area contributed by atoms with E-state index in [-0.39, 0.29) is 12.5 Å². The molecular weight excluding hydrogens is 414 g/mol. The molecule has 0 spiro atoms. The van der Waals surface area contributed by atoms with Crippen molar-refractivity contribution < 1.29 is 14.3 Å². The monoisotopic (exact) mass is 431 g/mol. The van der Waals surface area contributed by atoms with Crippen LogP contribution < -0.4 is 9.47 Å². The summed E-state index contributed by atoms with van der Waals surface area (Å²) >= 11 is 3.37. The van der Waals surface area contributed by atoms with Crippen molar-refractivity contribution >= 4 is 21.8 Å². The molecule has 1 heterocycles. The molecule has 0 aliphatic heterocycles. The van der Waals surface area contributed by atoms with Gasteiger partial charge in [-0.1, -0.05) is 15.9 Å². The molecule has 0 aliphatic carbocycles. The van der Waals surface area contributed by atoms with Crippen LogP contribution in [0.5, 0.6) is 11.5 Å². The molecule has 0 saturated carbocycles. The van der Waals surface area contributed by atoms with Crippen LogP contribution in [0.2, 0.25) is 0 Å². The number of rotatable bonds is 8. The number of nitrogens with zero attached hydrogens (tertiary/aromatic N) is 5. The van der Waals surface area contributed by atoms with E-state index in [4.69, 9.17) is 9.47 Å². The first-order valence-corrected chi connectivity index (χ1v) is 9.00. The number of likely N-dealkylation sites (N-methyl/N-ethyl adjacent to an activating group) is 1. The van der Waals surface area contributed by atoms with Gasteiger partial charge in [0.2, 0.25) is 0 Å². The van der Waals surface area contributed by atoms with E-state index in [1.165, 1.54) is 11.0 Å². The summed E-state index contributed by atoms with van der Waals surface area (Å²) in [4.78, 5) is 13.7. The predicted molar refractivity (Wildman–Crippen MR) is 102 cm³/mol. The summed E-state index contributed by atoms with van der Waals surface area (Å²) in [5.41, 5.74) is 0.806. The van der Waals surface area contributed by atoms with Gasteiger partial charge in [-0.15, -0.1) is 5.10 Å². The average molecular weight is 432 g/mol. The molecule has 1 aromatic heterocycles. The zero-order valence-corrected chi connectivity index (χ0v) is 16.2. The van der Waals surface area contributed by atoms with Gasteiger partial charge in [0.05, 0.1) is 12.2 Å². The van der Waals surface area contributed by atoms with E-state index in [1.54, 1.807) is 24.1 Å². The maximum absolute atomic E-state index is 12.2. The SMILES string of the molecule is CN(CCOc1ccc(Br)cc1)C(=O)COc1ccc(-n2cnnn2)cc1. The first-order chi connectivity index (χ1) is 13.1. The largest absolute Gasteiger partial charge is 0.492 e. The molecule has 0 saturated heterocycles. The van der Waals surface area contributed by atoms with E-state index in [0.717, 1.165) is 15.9 Å². The van der Waals surface area contributed by atoms with Crippen molar-refractivity contribution in [2.75, 3.05) is 26.8 Å². The van der Waals surface area contributed by atoms with Crippen LogP contribution in [0.4, 0.5) is 0 Å². The van der Waals surface area contributed by atoms with Gasteiger partial charge in [-0.05, 0) is 59.0 Å². The van der Waals surface area contributed by atoms with Gasteiger partial charge in [-0.25, -0.2) is 4.68 Å². The Morgan fingerprint density at radius 3 is 2.41 bits per heavy atom. The van der Waals surface area contributed by atoms with Gasteiger partial charge >= 0.3 is 0 Å². The topological polar surface area (TPSA) is 82.4 Å². The van der Waals surface area contributed by atoms with Crippen LogP contribution in [0.25, 0.3) is 5.69 Å².